The van der Waals surface area contributed by atoms with Crippen LogP contribution < -0.4 is 5.73 Å². The summed E-state index contributed by atoms with van der Waals surface area (Å²) in [5.41, 5.74) is 9.87. The molecule has 0 aliphatic carbocycles. The second kappa shape index (κ2) is 4.40. The molecule has 2 rings (SSSR count). The van der Waals surface area contributed by atoms with E-state index in [1.165, 1.54) is 21.6 Å². The highest BCUT2D eigenvalue weighted by Crippen LogP contribution is 2.41. The van der Waals surface area contributed by atoms with Crippen LogP contribution in [-0.2, 0) is 4.74 Å². The number of benzene rings is 1. The Morgan fingerprint density at radius 3 is 2.19 bits per heavy atom. The summed E-state index contributed by atoms with van der Waals surface area (Å²) in [5.74, 6) is 0. The van der Waals surface area contributed by atoms with Crippen LogP contribution in [0, 0.1) is 20.8 Å². The van der Waals surface area contributed by atoms with Crippen LogP contribution in [0.5, 0.6) is 0 Å². The lowest BCUT2D eigenvalue weighted by atomic mass is 10.1. The summed E-state index contributed by atoms with van der Waals surface area (Å²) in [6.07, 6.45) is 0. The highest BCUT2D eigenvalue weighted by Gasteiger charge is 2.39. The average molecular weight is 237 g/mol. The minimum absolute atomic E-state index is 0.116. The van der Waals surface area contributed by atoms with Crippen molar-refractivity contribution in [3.63, 3.8) is 0 Å². The summed E-state index contributed by atoms with van der Waals surface area (Å²) in [6.45, 7) is 8.73. The average Bonchev–Trinajstić information content (AvgIpc) is 2.14. The van der Waals surface area contributed by atoms with Crippen LogP contribution in [0.1, 0.15) is 16.7 Å². The zero-order valence-corrected chi connectivity index (χ0v) is 11.0. The van der Waals surface area contributed by atoms with Crippen molar-refractivity contribution in [2.24, 2.45) is 5.73 Å². The minimum atomic E-state index is 0.116. The maximum absolute atomic E-state index is 5.85. The molecule has 0 amide bonds. The molecule has 16 heavy (non-hydrogen) atoms. The topological polar surface area (TPSA) is 35.2 Å². The molecule has 1 aromatic rings. The number of rotatable bonds is 3. The molecule has 1 aromatic carbocycles. The number of ether oxygens (including phenoxy) is 1. The largest absolute Gasteiger partial charge is 0.378 e. The van der Waals surface area contributed by atoms with Gasteiger partial charge in [-0.2, -0.15) is 0 Å². The van der Waals surface area contributed by atoms with Crippen LogP contribution in [0.4, 0.5) is 0 Å². The van der Waals surface area contributed by atoms with Crippen molar-refractivity contribution in [1.29, 1.82) is 0 Å². The number of hydrogen-bond donors (Lipinski definition) is 1. The van der Waals surface area contributed by atoms with Crippen LogP contribution in [0.15, 0.2) is 17.0 Å². The smallest absolute Gasteiger partial charge is 0.0794 e. The third-order valence-electron chi connectivity index (χ3n) is 3.03. The summed E-state index contributed by atoms with van der Waals surface area (Å²) in [7, 11) is 0. The lowest BCUT2D eigenvalue weighted by Crippen LogP contribution is -2.52. The van der Waals surface area contributed by atoms with Crippen molar-refractivity contribution in [3.8, 4) is 0 Å². The second-order valence-corrected chi connectivity index (χ2v) is 6.19. The fraction of sp³-hybridized carbons (Fsp3) is 0.538. The van der Waals surface area contributed by atoms with Crippen molar-refractivity contribution in [3.05, 3.63) is 28.8 Å². The Balaban J connectivity index is 2.27. The zero-order chi connectivity index (χ0) is 11.8. The maximum Gasteiger partial charge on any atom is 0.0794 e. The van der Waals surface area contributed by atoms with Crippen LogP contribution in [0.3, 0.4) is 0 Å². The molecule has 1 aliphatic rings. The van der Waals surface area contributed by atoms with Crippen molar-refractivity contribution in [2.75, 3.05) is 19.8 Å². The van der Waals surface area contributed by atoms with Crippen molar-refractivity contribution >= 4 is 11.8 Å². The van der Waals surface area contributed by atoms with E-state index in [0.717, 1.165) is 13.2 Å². The summed E-state index contributed by atoms with van der Waals surface area (Å²) < 4.78 is 5.42. The number of thioether (sulfide) groups is 1. The molecule has 1 fully saturated rings. The Morgan fingerprint density at radius 1 is 1.25 bits per heavy atom. The van der Waals surface area contributed by atoms with E-state index in [9.17, 15) is 0 Å². The van der Waals surface area contributed by atoms with E-state index in [1.807, 2.05) is 11.8 Å². The van der Waals surface area contributed by atoms with Gasteiger partial charge in [-0.05, 0) is 31.9 Å². The molecule has 0 saturated carbocycles. The van der Waals surface area contributed by atoms with Gasteiger partial charge in [-0.15, -0.1) is 11.8 Å². The SMILES string of the molecule is Cc1cc(C)c(SC2(CN)COC2)c(C)c1. The monoisotopic (exact) mass is 237 g/mol. The summed E-state index contributed by atoms with van der Waals surface area (Å²) in [5, 5.41) is 0. The number of aryl methyl sites for hydroxylation is 3. The van der Waals surface area contributed by atoms with Crippen molar-refractivity contribution < 1.29 is 4.74 Å². The van der Waals surface area contributed by atoms with E-state index in [-0.39, 0.29) is 4.75 Å². The Kier molecular flexibility index (Phi) is 3.29. The van der Waals surface area contributed by atoms with Gasteiger partial charge < -0.3 is 10.5 Å². The third-order valence-corrected chi connectivity index (χ3v) is 4.71. The van der Waals surface area contributed by atoms with E-state index in [0.29, 0.717) is 6.54 Å². The molecule has 0 atom stereocenters. The molecule has 1 saturated heterocycles. The van der Waals surface area contributed by atoms with Crippen LogP contribution in [0.25, 0.3) is 0 Å². The highest BCUT2D eigenvalue weighted by molar-refractivity contribution is 8.01. The van der Waals surface area contributed by atoms with Crippen LogP contribution >= 0.6 is 11.8 Å². The number of hydrogen-bond acceptors (Lipinski definition) is 3. The molecule has 1 heterocycles. The van der Waals surface area contributed by atoms with Gasteiger partial charge in [0.15, 0.2) is 0 Å². The Morgan fingerprint density at radius 2 is 1.81 bits per heavy atom. The van der Waals surface area contributed by atoms with E-state index >= 15 is 0 Å². The molecule has 0 spiro atoms. The quantitative estimate of drug-likeness (QED) is 0.877. The maximum atomic E-state index is 5.85. The van der Waals surface area contributed by atoms with Gasteiger partial charge in [-0.3, -0.25) is 0 Å². The van der Waals surface area contributed by atoms with Crippen LogP contribution in [0.2, 0.25) is 0 Å². The normalized spacial score (nSPS) is 18.2. The van der Waals surface area contributed by atoms with E-state index in [2.05, 4.69) is 32.9 Å². The van der Waals surface area contributed by atoms with E-state index in [1.54, 1.807) is 0 Å². The van der Waals surface area contributed by atoms with E-state index in [4.69, 9.17) is 10.5 Å². The molecule has 1 aliphatic heterocycles. The second-order valence-electron chi connectivity index (χ2n) is 4.71. The minimum Gasteiger partial charge on any atom is -0.378 e. The first-order chi connectivity index (χ1) is 7.56. The standard InChI is InChI=1S/C13H19NOS/c1-9-4-10(2)12(11(3)5-9)16-13(6-14)7-15-8-13/h4-5H,6-8,14H2,1-3H3. The Labute approximate surface area is 102 Å². The summed E-state index contributed by atoms with van der Waals surface area (Å²) in [6, 6.07) is 4.47. The van der Waals surface area contributed by atoms with Gasteiger partial charge in [0.2, 0.25) is 0 Å². The molecule has 0 bridgehead atoms. The van der Waals surface area contributed by atoms with Gasteiger partial charge in [0.05, 0.1) is 18.0 Å². The predicted octanol–water partition coefficient (Wildman–Crippen LogP) is 2.43. The van der Waals surface area contributed by atoms with Gasteiger partial charge in [-0.1, -0.05) is 17.7 Å². The summed E-state index contributed by atoms with van der Waals surface area (Å²) in [4.78, 5) is 1.37. The Hall–Kier alpha value is -0.510. The molecule has 3 heteroatoms. The fourth-order valence-corrected chi connectivity index (χ4v) is 3.33. The first-order valence-electron chi connectivity index (χ1n) is 5.61. The van der Waals surface area contributed by atoms with Crippen molar-refractivity contribution in [2.45, 2.75) is 30.4 Å². The Bertz CT molecular complexity index is 370. The van der Waals surface area contributed by atoms with E-state index < -0.39 is 0 Å². The lowest BCUT2D eigenvalue weighted by Gasteiger charge is -2.40. The van der Waals surface area contributed by atoms with Gasteiger partial charge in [0.1, 0.15) is 0 Å². The molecule has 88 valence electrons. The zero-order valence-electron chi connectivity index (χ0n) is 10.2. The van der Waals surface area contributed by atoms with Crippen LogP contribution in [-0.4, -0.2) is 24.5 Å². The molecular formula is C13H19NOS. The van der Waals surface area contributed by atoms with Gasteiger partial charge in [0.25, 0.3) is 0 Å². The molecule has 2 nitrogen and oxygen atoms in total. The fourth-order valence-electron chi connectivity index (χ4n) is 2.09. The molecule has 0 aromatic heterocycles. The van der Waals surface area contributed by atoms with Gasteiger partial charge >= 0.3 is 0 Å². The summed E-state index contributed by atoms with van der Waals surface area (Å²) >= 11 is 1.89. The molecule has 0 radical (unpaired) electrons. The number of nitrogens with two attached hydrogens (primary N) is 1. The van der Waals surface area contributed by atoms with Gasteiger partial charge in [0, 0.05) is 11.4 Å². The predicted molar refractivity (Wildman–Crippen MR) is 69.1 cm³/mol. The van der Waals surface area contributed by atoms with Gasteiger partial charge in [-0.25, -0.2) is 0 Å². The first-order valence-corrected chi connectivity index (χ1v) is 6.43. The van der Waals surface area contributed by atoms with Crippen molar-refractivity contribution in [1.82, 2.24) is 0 Å². The molecule has 2 N–H and O–H groups in total. The highest BCUT2D eigenvalue weighted by atomic mass is 32.2. The molecule has 0 unspecified atom stereocenters. The molecular weight excluding hydrogens is 218 g/mol. The lowest BCUT2D eigenvalue weighted by molar-refractivity contribution is -0.00435. The first kappa shape index (κ1) is 12.0. The third kappa shape index (κ3) is 2.12.